The van der Waals surface area contributed by atoms with Crippen LogP contribution < -0.4 is 22.5 Å². The zero-order chi connectivity index (χ0) is 15.5. The molecule has 0 saturated heterocycles. The second-order valence-corrected chi connectivity index (χ2v) is 4.88. The topological polar surface area (TPSA) is 135 Å². The standard InChI is InChI=1S/C13H8O8/c1-13(19,3-14)8-6-4(9(15)20-11(6)17)2-5-7(8)12(18)21-10(5)16/h2,14,19H,3H2,1H3. The van der Waals surface area contributed by atoms with Crippen molar-refractivity contribution in [3.05, 3.63) is 53.3 Å². The molecule has 8 heteroatoms. The highest BCUT2D eigenvalue weighted by Crippen LogP contribution is 2.31. The lowest BCUT2D eigenvalue weighted by Crippen LogP contribution is -2.28. The predicted molar refractivity (Wildman–Crippen MR) is 70.1 cm³/mol. The lowest BCUT2D eigenvalue weighted by molar-refractivity contribution is 0.00000349. The summed E-state index contributed by atoms with van der Waals surface area (Å²) in [5.41, 5.74) is -6.51. The number of fused-ring (bicyclic) bond motifs is 2. The Bertz CT molecular complexity index is 995. The first kappa shape index (κ1) is 13.4. The van der Waals surface area contributed by atoms with Gasteiger partial charge in [-0.15, -0.1) is 0 Å². The van der Waals surface area contributed by atoms with Crippen molar-refractivity contribution < 1.29 is 19.0 Å². The van der Waals surface area contributed by atoms with Gasteiger partial charge in [-0.1, -0.05) is 0 Å². The molecule has 0 aliphatic rings. The van der Waals surface area contributed by atoms with Crippen LogP contribution in [0.1, 0.15) is 12.5 Å². The maximum atomic E-state index is 11.8. The monoisotopic (exact) mass is 292 g/mol. The minimum atomic E-state index is -2.04. The third kappa shape index (κ3) is 1.63. The summed E-state index contributed by atoms with van der Waals surface area (Å²) in [5.74, 6) is 0. The molecule has 0 spiro atoms. The van der Waals surface area contributed by atoms with E-state index in [1.54, 1.807) is 0 Å². The Morgan fingerprint density at radius 1 is 0.952 bits per heavy atom. The van der Waals surface area contributed by atoms with Crippen LogP contribution in [0, 0.1) is 0 Å². The van der Waals surface area contributed by atoms with Crippen LogP contribution in [0.4, 0.5) is 0 Å². The van der Waals surface area contributed by atoms with Gasteiger partial charge in [-0.25, -0.2) is 19.2 Å². The van der Waals surface area contributed by atoms with E-state index >= 15 is 0 Å². The maximum absolute atomic E-state index is 11.8. The number of furan rings is 2. The van der Waals surface area contributed by atoms with E-state index in [9.17, 15) is 29.4 Å². The van der Waals surface area contributed by atoms with E-state index in [2.05, 4.69) is 8.83 Å². The van der Waals surface area contributed by atoms with Crippen LogP contribution in [0.15, 0.2) is 34.1 Å². The molecule has 2 aromatic heterocycles. The van der Waals surface area contributed by atoms with Crippen LogP contribution >= 0.6 is 0 Å². The highest BCUT2D eigenvalue weighted by molar-refractivity contribution is 6.01. The molecule has 2 heterocycles. The molecule has 0 radical (unpaired) electrons. The van der Waals surface area contributed by atoms with Gasteiger partial charge < -0.3 is 19.0 Å². The fourth-order valence-corrected chi connectivity index (χ4v) is 2.43. The lowest BCUT2D eigenvalue weighted by Gasteiger charge is -2.21. The third-order valence-electron chi connectivity index (χ3n) is 3.39. The Morgan fingerprint density at radius 3 is 1.76 bits per heavy atom. The molecule has 8 nitrogen and oxygen atoms in total. The Labute approximate surface area is 114 Å². The normalized spacial score (nSPS) is 14.8. The van der Waals surface area contributed by atoms with Gasteiger partial charge in [0, 0.05) is 5.56 Å². The molecule has 0 amide bonds. The van der Waals surface area contributed by atoms with Crippen molar-refractivity contribution in [2.45, 2.75) is 12.5 Å². The molecule has 1 atom stereocenters. The van der Waals surface area contributed by atoms with Gasteiger partial charge in [0.15, 0.2) is 0 Å². The number of aliphatic hydroxyl groups is 2. The van der Waals surface area contributed by atoms with E-state index in [1.165, 1.54) is 0 Å². The highest BCUT2D eigenvalue weighted by Gasteiger charge is 2.33. The summed E-state index contributed by atoms with van der Waals surface area (Å²) in [7, 11) is 0. The molecule has 1 unspecified atom stereocenters. The first-order valence-corrected chi connectivity index (χ1v) is 5.85. The molecule has 0 saturated carbocycles. The Hall–Kier alpha value is -2.58. The number of rotatable bonds is 2. The van der Waals surface area contributed by atoms with Crippen molar-refractivity contribution in [3.8, 4) is 0 Å². The fraction of sp³-hybridized carbons (Fsp3) is 0.231. The second kappa shape index (κ2) is 3.96. The van der Waals surface area contributed by atoms with Crippen LogP contribution in [-0.4, -0.2) is 16.8 Å². The van der Waals surface area contributed by atoms with Crippen LogP contribution in [0.5, 0.6) is 0 Å². The molecule has 0 aliphatic carbocycles. The highest BCUT2D eigenvalue weighted by atomic mass is 16.4. The molecule has 3 rings (SSSR count). The van der Waals surface area contributed by atoms with Gasteiger partial charge in [0.1, 0.15) is 5.60 Å². The van der Waals surface area contributed by atoms with E-state index < -0.39 is 34.7 Å². The van der Waals surface area contributed by atoms with E-state index in [4.69, 9.17) is 0 Å². The van der Waals surface area contributed by atoms with Gasteiger partial charge in [0.05, 0.1) is 28.2 Å². The van der Waals surface area contributed by atoms with Crippen molar-refractivity contribution in [2.24, 2.45) is 0 Å². The Kier molecular flexibility index (Phi) is 2.53. The summed E-state index contributed by atoms with van der Waals surface area (Å²) in [5, 5.41) is 18.3. The average molecular weight is 292 g/mol. The largest absolute Gasteiger partial charge is 0.393 e. The second-order valence-electron chi connectivity index (χ2n) is 4.88. The fourth-order valence-electron chi connectivity index (χ4n) is 2.43. The maximum Gasteiger partial charge on any atom is 0.347 e. The van der Waals surface area contributed by atoms with E-state index in [-0.39, 0.29) is 27.1 Å². The SMILES string of the molecule is CC(O)(CO)c1c2c(=O)oc(=O)c2cc2c(=O)oc(=O)c12. The van der Waals surface area contributed by atoms with Crippen molar-refractivity contribution in [2.75, 3.05) is 6.61 Å². The summed E-state index contributed by atoms with van der Waals surface area (Å²) in [6, 6.07) is 1.02. The van der Waals surface area contributed by atoms with Crippen molar-refractivity contribution >= 4 is 21.5 Å². The molecule has 1 aromatic carbocycles. The molecule has 0 bridgehead atoms. The molecule has 0 fully saturated rings. The quantitative estimate of drug-likeness (QED) is 0.594. The van der Waals surface area contributed by atoms with Gasteiger partial charge in [-0.2, -0.15) is 0 Å². The Morgan fingerprint density at radius 2 is 1.38 bits per heavy atom. The summed E-state index contributed by atoms with van der Waals surface area (Å²) in [6.07, 6.45) is 0. The van der Waals surface area contributed by atoms with Gasteiger partial charge in [0.25, 0.3) is 0 Å². The Balaban J connectivity index is 2.79. The molecule has 21 heavy (non-hydrogen) atoms. The summed E-state index contributed by atoms with van der Waals surface area (Å²) >= 11 is 0. The zero-order valence-corrected chi connectivity index (χ0v) is 10.6. The summed E-state index contributed by atoms with van der Waals surface area (Å²) in [6.45, 7) is 0.286. The first-order chi connectivity index (χ1) is 9.77. The van der Waals surface area contributed by atoms with Crippen LogP contribution in [0.3, 0.4) is 0 Å². The number of benzene rings is 1. The minimum Gasteiger partial charge on any atom is -0.393 e. The van der Waals surface area contributed by atoms with Crippen LogP contribution in [-0.2, 0) is 5.60 Å². The average Bonchev–Trinajstić information content (AvgIpc) is 2.86. The number of aliphatic hydroxyl groups excluding tert-OH is 1. The van der Waals surface area contributed by atoms with Crippen LogP contribution in [0.25, 0.3) is 21.5 Å². The van der Waals surface area contributed by atoms with E-state index in [1.807, 2.05) is 0 Å². The third-order valence-corrected chi connectivity index (χ3v) is 3.39. The predicted octanol–water partition coefficient (Wildman–Crippen LogP) is -1.30. The smallest absolute Gasteiger partial charge is 0.347 e. The minimum absolute atomic E-state index is 0.255. The van der Waals surface area contributed by atoms with Crippen molar-refractivity contribution in [1.29, 1.82) is 0 Å². The number of hydrogen-bond acceptors (Lipinski definition) is 8. The zero-order valence-electron chi connectivity index (χ0n) is 10.6. The molecule has 3 aromatic rings. The summed E-state index contributed by atoms with van der Waals surface area (Å²) in [4.78, 5) is 46.8. The van der Waals surface area contributed by atoms with Crippen LogP contribution in [0.2, 0.25) is 0 Å². The number of hydrogen-bond donors (Lipinski definition) is 2. The van der Waals surface area contributed by atoms with Gasteiger partial charge in [-0.3, -0.25) is 0 Å². The molecule has 108 valence electrons. The summed E-state index contributed by atoms with van der Waals surface area (Å²) < 4.78 is 8.85. The van der Waals surface area contributed by atoms with Crippen molar-refractivity contribution in [1.82, 2.24) is 0 Å². The lowest BCUT2D eigenvalue weighted by atomic mass is 9.89. The molecular weight excluding hydrogens is 284 g/mol. The van der Waals surface area contributed by atoms with Gasteiger partial charge in [-0.05, 0) is 13.0 Å². The van der Waals surface area contributed by atoms with Gasteiger partial charge >= 0.3 is 22.5 Å². The first-order valence-electron chi connectivity index (χ1n) is 5.85. The van der Waals surface area contributed by atoms with E-state index in [0.717, 1.165) is 13.0 Å². The molecular formula is C13H8O8. The van der Waals surface area contributed by atoms with Crippen molar-refractivity contribution in [3.63, 3.8) is 0 Å². The molecule has 0 aliphatic heterocycles. The molecule has 2 N–H and O–H groups in total. The van der Waals surface area contributed by atoms with Gasteiger partial charge in [0.2, 0.25) is 0 Å². The van der Waals surface area contributed by atoms with E-state index in [0.29, 0.717) is 0 Å².